The zero-order valence-electron chi connectivity index (χ0n) is 53.9. The fourth-order valence-corrected chi connectivity index (χ4v) is 11.0. The van der Waals surface area contributed by atoms with Crippen molar-refractivity contribution >= 4 is 11.9 Å². The summed E-state index contributed by atoms with van der Waals surface area (Å²) in [4.78, 5) is 24.6. The molecule has 0 aliphatic carbocycles. The fourth-order valence-electron chi connectivity index (χ4n) is 11.0. The predicted octanol–water partition coefficient (Wildman–Crippen LogP) is 24.9. The molecule has 5 nitrogen and oxygen atoms in total. The van der Waals surface area contributed by atoms with Crippen LogP contribution in [0.1, 0.15) is 386 Å². The highest BCUT2D eigenvalue weighted by Gasteiger charge is 2.16. The van der Waals surface area contributed by atoms with Crippen LogP contribution < -0.4 is 0 Å². The summed E-state index contributed by atoms with van der Waals surface area (Å²) in [5.74, 6) is -0.577. The molecule has 0 fully saturated rings. The van der Waals surface area contributed by atoms with Gasteiger partial charge in [-0.3, -0.25) is 9.59 Å². The minimum atomic E-state index is -0.776. The zero-order valence-corrected chi connectivity index (χ0v) is 53.9. The number of ether oxygens (including phenoxy) is 2. The number of hydrogen-bond donors (Lipinski definition) is 1. The molecule has 1 unspecified atom stereocenters. The third-order valence-electron chi connectivity index (χ3n) is 16.3. The summed E-state index contributed by atoms with van der Waals surface area (Å²) in [6.45, 7) is 4.08. The first-order valence-corrected chi connectivity index (χ1v) is 35.8. The van der Waals surface area contributed by atoms with Gasteiger partial charge in [-0.05, 0) is 57.8 Å². The third kappa shape index (κ3) is 68.1. The first-order chi connectivity index (χ1) is 39.6. The summed E-state index contributed by atoms with van der Waals surface area (Å²) in [6, 6.07) is 0. The van der Waals surface area contributed by atoms with E-state index in [0.29, 0.717) is 12.8 Å². The van der Waals surface area contributed by atoms with Gasteiger partial charge < -0.3 is 14.6 Å². The van der Waals surface area contributed by atoms with E-state index in [4.69, 9.17) is 9.47 Å². The van der Waals surface area contributed by atoms with E-state index in [1.165, 1.54) is 289 Å². The first-order valence-electron chi connectivity index (χ1n) is 35.8. The summed E-state index contributed by atoms with van der Waals surface area (Å²) in [7, 11) is 0. The van der Waals surface area contributed by atoms with Gasteiger partial charge in [-0.15, -0.1) is 0 Å². The Morgan fingerprint density at radius 3 is 0.812 bits per heavy atom. The average Bonchev–Trinajstić information content (AvgIpc) is 3.46. The quantitative estimate of drug-likeness (QED) is 0.0373. The molecule has 0 aliphatic heterocycles. The normalized spacial score (nSPS) is 12.5. The lowest BCUT2D eigenvalue weighted by atomic mass is 10.0. The number of carbonyl (C=O) groups is 2. The lowest BCUT2D eigenvalue weighted by Gasteiger charge is -2.15. The number of carbonyl (C=O) groups excluding carboxylic acids is 2. The molecule has 0 saturated heterocycles. The van der Waals surface area contributed by atoms with Gasteiger partial charge in [0, 0.05) is 12.8 Å². The molecule has 0 amide bonds. The van der Waals surface area contributed by atoms with E-state index in [1.54, 1.807) is 0 Å². The van der Waals surface area contributed by atoms with Crippen LogP contribution in [0, 0.1) is 0 Å². The zero-order chi connectivity index (χ0) is 57.6. The Morgan fingerprint density at radius 1 is 0.300 bits per heavy atom. The number of esters is 2. The Hall–Kier alpha value is -2.40. The van der Waals surface area contributed by atoms with E-state index in [-0.39, 0.29) is 25.2 Å². The summed E-state index contributed by atoms with van der Waals surface area (Å²) in [5.41, 5.74) is 0. The van der Waals surface area contributed by atoms with Crippen LogP contribution in [0.5, 0.6) is 0 Å². The molecule has 1 atom stereocenters. The third-order valence-corrected chi connectivity index (χ3v) is 16.3. The number of aliphatic hydroxyl groups is 1. The molecule has 80 heavy (non-hydrogen) atoms. The molecule has 0 spiro atoms. The molecule has 0 aromatic rings. The molecule has 0 heterocycles. The van der Waals surface area contributed by atoms with E-state index in [2.05, 4.69) is 74.6 Å². The Balaban J connectivity index is 3.38. The summed E-state index contributed by atoms with van der Waals surface area (Å²) >= 11 is 0. The SMILES string of the molecule is CC/C=C\C/C=C\C/C=C\C/C=C\C/C=C\CCCCCCCCCCCCCC(=O)OC(CO)COC(=O)CCCCCCCCCCCCCCCCCCCCCCCCCCCCCCCCCCCCCCCCC. The minimum Gasteiger partial charge on any atom is -0.462 e. The average molecular weight is 1120 g/mol. The van der Waals surface area contributed by atoms with E-state index in [1.807, 2.05) is 0 Å². The van der Waals surface area contributed by atoms with Crippen molar-refractivity contribution in [1.29, 1.82) is 0 Å². The Kier molecular flexibility index (Phi) is 68.7. The van der Waals surface area contributed by atoms with Crippen LogP contribution >= 0.6 is 0 Å². The van der Waals surface area contributed by atoms with Crippen molar-refractivity contribution in [2.75, 3.05) is 13.2 Å². The van der Waals surface area contributed by atoms with Gasteiger partial charge in [-0.25, -0.2) is 0 Å². The van der Waals surface area contributed by atoms with Gasteiger partial charge >= 0.3 is 11.9 Å². The van der Waals surface area contributed by atoms with Gasteiger partial charge in [-0.1, -0.05) is 376 Å². The van der Waals surface area contributed by atoms with Crippen molar-refractivity contribution in [2.24, 2.45) is 0 Å². The standard InChI is InChI=1S/C75H138O5/c1-3-5-7-9-11-13-15-17-19-21-23-25-27-29-31-32-33-34-35-36-37-38-39-40-41-42-44-45-47-49-51-53-55-57-59-61-63-65-67-69-74(77)79-72-73(71-76)80-75(78)70-68-66-64-62-60-58-56-54-52-50-48-46-43-30-28-26-24-22-20-18-16-14-12-10-8-6-4-2/h6,8,12,14,18,20,24,26,30,43,73,76H,3-5,7,9-11,13,15-17,19,21-23,25,27-29,31-42,44-72H2,1-2H3/b8-6-,14-12-,20-18-,26-24-,43-30-. The first kappa shape index (κ1) is 77.6. The van der Waals surface area contributed by atoms with Crippen molar-refractivity contribution in [1.82, 2.24) is 0 Å². The Morgan fingerprint density at radius 2 is 0.537 bits per heavy atom. The molecule has 0 aromatic carbocycles. The molecule has 0 aromatic heterocycles. The predicted molar refractivity (Wildman–Crippen MR) is 353 cm³/mol. The van der Waals surface area contributed by atoms with Gasteiger partial charge in [-0.2, -0.15) is 0 Å². The summed E-state index contributed by atoms with van der Waals surface area (Å²) in [6.07, 6.45) is 97.1. The van der Waals surface area contributed by atoms with Crippen LogP contribution in [0.4, 0.5) is 0 Å². The maximum atomic E-state index is 12.4. The van der Waals surface area contributed by atoms with E-state index < -0.39 is 6.10 Å². The second-order valence-electron chi connectivity index (χ2n) is 24.3. The molecule has 1 N–H and O–H groups in total. The maximum absolute atomic E-state index is 12.4. The van der Waals surface area contributed by atoms with Crippen LogP contribution in [0.3, 0.4) is 0 Å². The van der Waals surface area contributed by atoms with Gasteiger partial charge in [0.1, 0.15) is 6.61 Å². The smallest absolute Gasteiger partial charge is 0.306 e. The fraction of sp³-hybridized carbons (Fsp3) is 0.840. The molecule has 0 rings (SSSR count). The van der Waals surface area contributed by atoms with E-state index in [9.17, 15) is 14.7 Å². The molecule has 0 bridgehead atoms. The number of hydrogen-bond acceptors (Lipinski definition) is 5. The molecule has 0 saturated carbocycles. The Labute approximate surface area is 500 Å². The molecule has 0 aliphatic rings. The van der Waals surface area contributed by atoms with Crippen LogP contribution in [0.2, 0.25) is 0 Å². The van der Waals surface area contributed by atoms with Gasteiger partial charge in [0.05, 0.1) is 6.61 Å². The lowest BCUT2D eigenvalue weighted by Crippen LogP contribution is -2.28. The minimum absolute atomic E-state index is 0.0644. The van der Waals surface area contributed by atoms with Crippen LogP contribution in [0.25, 0.3) is 0 Å². The van der Waals surface area contributed by atoms with E-state index in [0.717, 1.165) is 70.6 Å². The van der Waals surface area contributed by atoms with Crippen molar-refractivity contribution in [2.45, 2.75) is 392 Å². The topological polar surface area (TPSA) is 72.8 Å². The number of rotatable bonds is 67. The maximum Gasteiger partial charge on any atom is 0.306 e. The Bertz CT molecular complexity index is 1360. The molecule has 468 valence electrons. The number of allylic oxidation sites excluding steroid dienone is 10. The molecular weight excluding hydrogens is 981 g/mol. The van der Waals surface area contributed by atoms with E-state index >= 15 is 0 Å². The highest BCUT2D eigenvalue weighted by atomic mass is 16.6. The van der Waals surface area contributed by atoms with Gasteiger partial charge in [0.25, 0.3) is 0 Å². The lowest BCUT2D eigenvalue weighted by molar-refractivity contribution is -0.161. The second-order valence-corrected chi connectivity index (χ2v) is 24.3. The highest BCUT2D eigenvalue weighted by molar-refractivity contribution is 5.70. The highest BCUT2D eigenvalue weighted by Crippen LogP contribution is 2.19. The molecular formula is C75H138O5. The monoisotopic (exact) mass is 1120 g/mol. The van der Waals surface area contributed by atoms with Crippen LogP contribution in [-0.2, 0) is 19.1 Å². The van der Waals surface area contributed by atoms with Crippen molar-refractivity contribution in [3.05, 3.63) is 60.8 Å². The number of unbranched alkanes of at least 4 members (excludes halogenated alkanes) is 49. The van der Waals surface area contributed by atoms with Crippen molar-refractivity contribution in [3.63, 3.8) is 0 Å². The summed E-state index contributed by atoms with van der Waals surface area (Å²) in [5, 5.41) is 9.70. The van der Waals surface area contributed by atoms with Crippen LogP contribution in [-0.4, -0.2) is 36.4 Å². The van der Waals surface area contributed by atoms with Crippen molar-refractivity contribution in [3.8, 4) is 0 Å². The van der Waals surface area contributed by atoms with Crippen LogP contribution in [0.15, 0.2) is 60.8 Å². The van der Waals surface area contributed by atoms with Crippen molar-refractivity contribution < 1.29 is 24.2 Å². The largest absolute Gasteiger partial charge is 0.462 e. The van der Waals surface area contributed by atoms with Gasteiger partial charge in [0.15, 0.2) is 6.10 Å². The number of aliphatic hydroxyl groups excluding tert-OH is 1. The summed E-state index contributed by atoms with van der Waals surface area (Å²) < 4.78 is 10.8. The van der Waals surface area contributed by atoms with Gasteiger partial charge in [0.2, 0.25) is 0 Å². The molecule has 5 heteroatoms. The molecule has 0 radical (unpaired) electrons. The second kappa shape index (κ2) is 70.9.